The highest BCUT2D eigenvalue weighted by Gasteiger charge is 2.43. The molecule has 536 valence electrons. The summed E-state index contributed by atoms with van der Waals surface area (Å²) in [5.41, 5.74) is 6.27. The van der Waals surface area contributed by atoms with Gasteiger partial charge in [0.1, 0.15) is 48.5 Å². The lowest BCUT2D eigenvalue weighted by Gasteiger charge is -2.40. The topological polar surface area (TPSA) is 314 Å². The minimum absolute atomic E-state index is 0.0422. The standard InChI is InChI=1S/C70H111ClN12O13/c1-20-57(86)79(16)53(38-48-30-27-31-49(71)36-48)64(90)75-59(44(6)7)69(95)82(19)61(45(8)9)65(91)76-60(46(10)84)68(94)77(14)40-58(87)80(17)51(34-42(2)3)63(89)74-56(41-96-70(11,12)13)78(15)54(37-47-28-23-21-24-29-47)67(93)81(18)52(35-43(4)5)62(88)73-50(39-55(72)85)66(92)83-32-25-22-26-33-83/h20-21,23-24,27-31,36,42-46,50-54,56,59-61,84H,1,22,25-26,32-35,37-41H2,2-19H3,(H2,72,85)(H,73,88)(H,74,89)(H,75,90)(H,76,91)/t46-,50+,51+,52+,53+,54+,56?,59+,60+,61+/m1/s1. The molecule has 11 amide bonds. The molecule has 0 aliphatic carbocycles. The van der Waals surface area contributed by atoms with E-state index in [2.05, 4.69) is 27.8 Å². The molecule has 2 aromatic rings. The Hall–Kier alpha value is -7.48. The molecule has 7 N–H and O–H groups in total. The number of amides is 11. The third-order valence-corrected chi connectivity index (χ3v) is 17.4. The smallest absolute Gasteiger partial charge is 0.248 e. The number of nitrogens with two attached hydrogens (primary N) is 1. The van der Waals surface area contributed by atoms with Crippen LogP contribution < -0.4 is 27.0 Å². The molecule has 96 heavy (non-hydrogen) atoms. The summed E-state index contributed by atoms with van der Waals surface area (Å²) in [6.45, 7) is 24.8. The number of likely N-dealkylation sites (N-methyl/N-ethyl adjacent to an activating group) is 6. The van der Waals surface area contributed by atoms with E-state index in [1.54, 1.807) is 68.8 Å². The molecule has 0 spiro atoms. The van der Waals surface area contributed by atoms with E-state index in [4.69, 9.17) is 22.1 Å². The summed E-state index contributed by atoms with van der Waals surface area (Å²) < 4.78 is 6.34. The monoisotopic (exact) mass is 1360 g/mol. The maximum absolute atomic E-state index is 15.4. The van der Waals surface area contributed by atoms with Gasteiger partial charge in [-0.2, -0.15) is 0 Å². The molecule has 0 radical (unpaired) electrons. The summed E-state index contributed by atoms with van der Waals surface area (Å²) in [6.07, 6.45) is 0.976. The Bertz CT molecular complexity index is 2970. The van der Waals surface area contributed by atoms with Gasteiger partial charge in [0.2, 0.25) is 65.0 Å². The lowest BCUT2D eigenvalue weighted by Crippen LogP contribution is -2.63. The van der Waals surface area contributed by atoms with Crippen LogP contribution in [0.15, 0.2) is 67.3 Å². The lowest BCUT2D eigenvalue weighted by atomic mass is 9.96. The number of halogens is 1. The van der Waals surface area contributed by atoms with Gasteiger partial charge in [-0.05, 0) is 126 Å². The van der Waals surface area contributed by atoms with Crippen LogP contribution in [0.3, 0.4) is 0 Å². The summed E-state index contributed by atoms with van der Waals surface area (Å²) in [5.74, 6) is -8.67. The van der Waals surface area contributed by atoms with Crippen molar-refractivity contribution in [2.75, 3.05) is 68.5 Å². The molecule has 1 saturated heterocycles. The molecular weight excluding hydrogens is 1250 g/mol. The fourth-order valence-corrected chi connectivity index (χ4v) is 11.8. The van der Waals surface area contributed by atoms with E-state index in [1.165, 1.54) is 56.9 Å². The van der Waals surface area contributed by atoms with Gasteiger partial charge < -0.3 is 66.2 Å². The fourth-order valence-electron chi connectivity index (χ4n) is 11.5. The van der Waals surface area contributed by atoms with E-state index in [0.717, 1.165) is 40.7 Å². The lowest BCUT2D eigenvalue weighted by molar-refractivity contribution is -0.149. The van der Waals surface area contributed by atoms with Gasteiger partial charge >= 0.3 is 0 Å². The predicted molar refractivity (Wildman–Crippen MR) is 369 cm³/mol. The number of likely N-dealkylation sites (tertiary alicyclic amines) is 1. The number of hydrogen-bond acceptors (Lipinski definition) is 14. The highest BCUT2D eigenvalue weighted by Crippen LogP contribution is 2.23. The number of primary amides is 1. The number of hydrogen-bond donors (Lipinski definition) is 6. The molecule has 10 atom stereocenters. The van der Waals surface area contributed by atoms with E-state index >= 15 is 9.59 Å². The first kappa shape index (κ1) is 82.7. The highest BCUT2D eigenvalue weighted by molar-refractivity contribution is 6.30. The van der Waals surface area contributed by atoms with Crippen LogP contribution in [-0.2, 0) is 70.3 Å². The van der Waals surface area contributed by atoms with Crippen molar-refractivity contribution in [3.8, 4) is 0 Å². The number of aliphatic hydroxyl groups is 1. The third kappa shape index (κ3) is 25.2. The largest absolute Gasteiger partial charge is 0.391 e. The zero-order valence-electron chi connectivity index (χ0n) is 60.0. The Labute approximate surface area is 574 Å². The Morgan fingerprint density at radius 1 is 0.625 bits per heavy atom. The van der Waals surface area contributed by atoms with Crippen LogP contribution >= 0.6 is 11.6 Å². The molecule has 25 nitrogen and oxygen atoms in total. The normalized spacial score (nSPS) is 15.8. The van der Waals surface area contributed by atoms with Crippen LogP contribution in [-0.4, -0.2) is 239 Å². The van der Waals surface area contributed by atoms with E-state index in [9.17, 15) is 48.3 Å². The molecule has 1 unspecified atom stereocenters. The number of rotatable bonds is 36. The van der Waals surface area contributed by atoms with Crippen molar-refractivity contribution in [3.05, 3.63) is 83.4 Å². The average Bonchev–Trinajstić information content (AvgIpc) is 0.826. The number of nitrogens with zero attached hydrogens (tertiary/aromatic N) is 7. The predicted octanol–water partition coefficient (Wildman–Crippen LogP) is 3.76. The number of carbonyl (C=O) groups is 11. The maximum Gasteiger partial charge on any atom is 0.248 e. The molecule has 26 heteroatoms. The second-order valence-electron chi connectivity index (χ2n) is 28.0. The van der Waals surface area contributed by atoms with Crippen molar-refractivity contribution in [1.82, 2.24) is 55.6 Å². The Morgan fingerprint density at radius 3 is 1.67 bits per heavy atom. The molecule has 3 rings (SSSR count). The number of aliphatic hydroxyl groups excluding tert-OH is 1. The second-order valence-corrected chi connectivity index (χ2v) is 28.4. The van der Waals surface area contributed by atoms with Gasteiger partial charge in [0, 0.05) is 59.8 Å². The van der Waals surface area contributed by atoms with Crippen molar-refractivity contribution in [2.45, 2.75) is 201 Å². The van der Waals surface area contributed by atoms with Gasteiger partial charge in [-0.15, -0.1) is 0 Å². The number of ether oxygens (including phenoxy) is 1. The first-order chi connectivity index (χ1) is 44.7. The number of piperidine rings is 1. The molecule has 0 aromatic heterocycles. The van der Waals surface area contributed by atoms with Gasteiger partial charge in [-0.1, -0.05) is 116 Å². The maximum atomic E-state index is 15.4. The zero-order chi connectivity index (χ0) is 72.8. The second kappa shape index (κ2) is 38.5. The van der Waals surface area contributed by atoms with Crippen LogP contribution in [0.1, 0.15) is 133 Å². The van der Waals surface area contributed by atoms with Gasteiger partial charge in [0.15, 0.2) is 0 Å². The zero-order valence-corrected chi connectivity index (χ0v) is 60.7. The van der Waals surface area contributed by atoms with Crippen LogP contribution in [0.5, 0.6) is 0 Å². The van der Waals surface area contributed by atoms with Crippen molar-refractivity contribution in [2.24, 2.45) is 29.4 Å². The Morgan fingerprint density at radius 2 is 1.16 bits per heavy atom. The van der Waals surface area contributed by atoms with E-state index < -0.39 is 156 Å². The molecule has 0 bridgehead atoms. The van der Waals surface area contributed by atoms with Gasteiger partial charge in [0.25, 0.3) is 0 Å². The molecule has 1 fully saturated rings. The fraction of sp³-hybridized carbons (Fsp3) is 0.643. The average molecular weight is 1360 g/mol. The van der Waals surface area contributed by atoms with Crippen LogP contribution in [0.4, 0.5) is 0 Å². The quantitative estimate of drug-likeness (QED) is 0.0418. The summed E-state index contributed by atoms with van der Waals surface area (Å²) in [7, 11) is 8.70. The van der Waals surface area contributed by atoms with E-state index in [1.807, 2.05) is 78.8 Å². The van der Waals surface area contributed by atoms with Crippen molar-refractivity contribution >= 4 is 76.6 Å². The first-order valence-corrected chi connectivity index (χ1v) is 33.6. The molecule has 1 aliphatic heterocycles. The van der Waals surface area contributed by atoms with E-state index in [-0.39, 0.29) is 44.1 Å². The minimum atomic E-state index is -1.64. The SMILES string of the molecule is C=CC(=O)N(C)[C@@H](Cc1cccc(Cl)c1)C(=O)N[C@H](C(=O)N(C)[C@H](C(=O)N[C@H](C(=O)N(C)CC(=O)N(C)[C@@H](CC(C)C)C(=O)NC(COC(C)(C)C)N(C)[C@@H](Cc1ccccc1)C(=O)N(C)[C@@H](CC(C)C)C(=O)N[C@@H](CC(N)=O)C(=O)N1CCCCC1)[C@@H](C)O)C(C)C)C(C)C. The minimum Gasteiger partial charge on any atom is -0.391 e. The molecule has 2 aromatic carbocycles. The van der Waals surface area contributed by atoms with Crippen molar-refractivity contribution < 1.29 is 62.6 Å². The van der Waals surface area contributed by atoms with E-state index in [0.29, 0.717) is 23.7 Å². The Kier molecular flexibility index (Phi) is 33.1. The summed E-state index contributed by atoms with van der Waals surface area (Å²) in [6, 6.07) is 6.11. The van der Waals surface area contributed by atoms with Gasteiger partial charge in [0.05, 0.1) is 37.3 Å². The van der Waals surface area contributed by atoms with Crippen LogP contribution in [0.2, 0.25) is 5.02 Å². The van der Waals surface area contributed by atoms with Gasteiger partial charge in [-0.25, -0.2) is 0 Å². The summed E-state index contributed by atoms with van der Waals surface area (Å²) in [4.78, 5) is 165. The molecule has 0 saturated carbocycles. The number of carbonyl (C=O) groups excluding carboxylic acids is 11. The summed E-state index contributed by atoms with van der Waals surface area (Å²) >= 11 is 6.25. The van der Waals surface area contributed by atoms with Crippen LogP contribution in [0.25, 0.3) is 0 Å². The highest BCUT2D eigenvalue weighted by atomic mass is 35.5. The molecule has 1 heterocycles. The Balaban J connectivity index is 1.96. The summed E-state index contributed by atoms with van der Waals surface area (Å²) in [5, 5.41) is 22.8. The number of nitrogens with one attached hydrogen (secondary N) is 4. The van der Waals surface area contributed by atoms with Gasteiger partial charge in [-0.3, -0.25) is 57.6 Å². The van der Waals surface area contributed by atoms with Crippen LogP contribution in [0, 0.1) is 23.7 Å². The van der Waals surface area contributed by atoms with Crippen molar-refractivity contribution in [3.63, 3.8) is 0 Å². The molecular formula is C70H111ClN12O13. The first-order valence-electron chi connectivity index (χ1n) is 33.3. The molecule has 1 aliphatic rings. The van der Waals surface area contributed by atoms with Crippen molar-refractivity contribution in [1.29, 1.82) is 0 Å². The third-order valence-electron chi connectivity index (χ3n) is 17.2. The number of benzene rings is 2.